The maximum atomic E-state index is 12.3. The number of hydrogen-bond donors (Lipinski definition) is 2. The van der Waals surface area contributed by atoms with Gasteiger partial charge in [-0.25, -0.2) is 4.98 Å². The first kappa shape index (κ1) is 19.7. The van der Waals surface area contributed by atoms with Gasteiger partial charge in [0.25, 0.3) is 5.91 Å². The van der Waals surface area contributed by atoms with Crippen molar-refractivity contribution < 1.29 is 14.3 Å². The van der Waals surface area contributed by atoms with Crippen molar-refractivity contribution in [2.24, 2.45) is 0 Å². The second kappa shape index (κ2) is 9.24. The molecule has 0 radical (unpaired) electrons. The third-order valence-electron chi connectivity index (χ3n) is 4.21. The molecule has 0 spiro atoms. The van der Waals surface area contributed by atoms with Crippen molar-refractivity contribution in [1.82, 2.24) is 4.98 Å². The number of rotatable bonds is 7. The fraction of sp³-hybridized carbons (Fsp3) is 0.136. The first-order valence-electron chi connectivity index (χ1n) is 8.85. The largest absolute Gasteiger partial charge is 0.493 e. The van der Waals surface area contributed by atoms with Crippen LogP contribution in [0.15, 0.2) is 60.8 Å². The van der Waals surface area contributed by atoms with Gasteiger partial charge in [-0.3, -0.25) is 4.79 Å². The van der Waals surface area contributed by atoms with E-state index in [2.05, 4.69) is 15.6 Å². The first-order chi connectivity index (χ1) is 14.1. The first-order valence-corrected chi connectivity index (χ1v) is 8.85. The van der Waals surface area contributed by atoms with Gasteiger partial charge in [0.15, 0.2) is 11.5 Å². The van der Waals surface area contributed by atoms with E-state index in [1.807, 2.05) is 24.3 Å². The van der Waals surface area contributed by atoms with E-state index in [0.717, 1.165) is 11.3 Å². The molecule has 2 N–H and O–H groups in total. The Hall–Kier alpha value is -4.05. The molecule has 0 bridgehead atoms. The SMILES string of the molecule is COc1ccc(CNc2ccc(C(=O)Nc3ccc(C#N)cc3)nc2)cc1OC. The van der Waals surface area contributed by atoms with Gasteiger partial charge in [0.1, 0.15) is 5.69 Å². The molecule has 2 aromatic carbocycles. The maximum absolute atomic E-state index is 12.3. The number of aromatic nitrogens is 1. The summed E-state index contributed by atoms with van der Waals surface area (Å²) < 4.78 is 10.5. The van der Waals surface area contributed by atoms with Crippen LogP contribution in [0.25, 0.3) is 0 Å². The number of anilines is 2. The van der Waals surface area contributed by atoms with E-state index in [-0.39, 0.29) is 5.91 Å². The monoisotopic (exact) mass is 388 g/mol. The van der Waals surface area contributed by atoms with Crippen molar-refractivity contribution in [1.29, 1.82) is 5.26 Å². The molecule has 0 aliphatic carbocycles. The van der Waals surface area contributed by atoms with Crippen LogP contribution < -0.4 is 20.1 Å². The van der Waals surface area contributed by atoms with Crippen LogP contribution in [-0.2, 0) is 6.54 Å². The van der Waals surface area contributed by atoms with Gasteiger partial charge < -0.3 is 20.1 Å². The third-order valence-corrected chi connectivity index (χ3v) is 4.21. The molecule has 1 amide bonds. The van der Waals surface area contributed by atoms with Crippen molar-refractivity contribution in [3.63, 3.8) is 0 Å². The summed E-state index contributed by atoms with van der Waals surface area (Å²) in [4.78, 5) is 16.5. The van der Waals surface area contributed by atoms with Crippen LogP contribution in [0.2, 0.25) is 0 Å². The second-order valence-electron chi connectivity index (χ2n) is 6.12. The van der Waals surface area contributed by atoms with Gasteiger partial charge >= 0.3 is 0 Å². The summed E-state index contributed by atoms with van der Waals surface area (Å²) in [5.41, 5.74) is 3.24. The summed E-state index contributed by atoms with van der Waals surface area (Å²) in [5, 5.41) is 14.8. The highest BCUT2D eigenvalue weighted by Crippen LogP contribution is 2.27. The zero-order valence-electron chi connectivity index (χ0n) is 16.1. The molecule has 0 unspecified atom stereocenters. The normalized spacial score (nSPS) is 9.97. The Balaban J connectivity index is 1.59. The number of carbonyl (C=O) groups excluding carboxylic acids is 1. The Bertz CT molecular complexity index is 1030. The fourth-order valence-electron chi connectivity index (χ4n) is 2.65. The average molecular weight is 388 g/mol. The molecule has 0 saturated heterocycles. The zero-order chi connectivity index (χ0) is 20.6. The lowest BCUT2D eigenvalue weighted by Crippen LogP contribution is -2.13. The highest BCUT2D eigenvalue weighted by atomic mass is 16.5. The van der Waals surface area contributed by atoms with E-state index in [4.69, 9.17) is 14.7 Å². The van der Waals surface area contributed by atoms with Crippen molar-refractivity contribution in [3.8, 4) is 17.6 Å². The second-order valence-corrected chi connectivity index (χ2v) is 6.12. The van der Waals surface area contributed by atoms with E-state index < -0.39 is 0 Å². The van der Waals surface area contributed by atoms with E-state index in [1.165, 1.54) is 0 Å². The number of carbonyl (C=O) groups is 1. The Morgan fingerprint density at radius 1 is 1.00 bits per heavy atom. The van der Waals surface area contributed by atoms with Gasteiger partial charge in [-0.2, -0.15) is 5.26 Å². The van der Waals surface area contributed by atoms with Crippen LogP contribution in [0, 0.1) is 11.3 Å². The summed E-state index contributed by atoms with van der Waals surface area (Å²) >= 11 is 0. The number of ether oxygens (including phenoxy) is 2. The smallest absolute Gasteiger partial charge is 0.274 e. The van der Waals surface area contributed by atoms with Crippen LogP contribution in [-0.4, -0.2) is 25.1 Å². The molecule has 0 atom stereocenters. The van der Waals surface area contributed by atoms with Crippen molar-refractivity contribution >= 4 is 17.3 Å². The maximum Gasteiger partial charge on any atom is 0.274 e. The molecule has 0 aliphatic heterocycles. The highest BCUT2D eigenvalue weighted by Gasteiger charge is 2.08. The Labute approximate surface area is 168 Å². The fourth-order valence-corrected chi connectivity index (χ4v) is 2.65. The number of benzene rings is 2. The predicted octanol–water partition coefficient (Wildman–Crippen LogP) is 3.83. The molecular weight excluding hydrogens is 368 g/mol. The summed E-state index contributed by atoms with van der Waals surface area (Å²) in [6, 6.07) is 17.8. The van der Waals surface area contributed by atoms with Crippen molar-refractivity contribution in [3.05, 3.63) is 77.6 Å². The van der Waals surface area contributed by atoms with E-state index in [9.17, 15) is 4.79 Å². The van der Waals surface area contributed by atoms with Gasteiger partial charge in [-0.05, 0) is 54.1 Å². The lowest BCUT2D eigenvalue weighted by Gasteiger charge is -2.11. The number of nitriles is 1. The van der Waals surface area contributed by atoms with Crippen molar-refractivity contribution in [2.75, 3.05) is 24.9 Å². The lowest BCUT2D eigenvalue weighted by atomic mass is 10.2. The van der Waals surface area contributed by atoms with E-state index >= 15 is 0 Å². The van der Waals surface area contributed by atoms with Gasteiger partial charge in [0.2, 0.25) is 0 Å². The lowest BCUT2D eigenvalue weighted by molar-refractivity contribution is 0.102. The van der Waals surface area contributed by atoms with Crippen molar-refractivity contribution in [2.45, 2.75) is 6.54 Å². The number of nitrogens with zero attached hydrogens (tertiary/aromatic N) is 2. The molecule has 3 aromatic rings. The van der Waals surface area contributed by atoms with Gasteiger partial charge in [-0.1, -0.05) is 6.07 Å². The number of methoxy groups -OCH3 is 2. The molecule has 7 heteroatoms. The zero-order valence-corrected chi connectivity index (χ0v) is 16.1. The van der Waals surface area contributed by atoms with E-state index in [1.54, 1.807) is 56.8 Å². The molecule has 1 aromatic heterocycles. The molecule has 0 saturated carbocycles. The minimum Gasteiger partial charge on any atom is -0.493 e. The van der Waals surface area contributed by atoms with Crippen LogP contribution >= 0.6 is 0 Å². The minimum absolute atomic E-state index is 0.297. The Kier molecular flexibility index (Phi) is 6.28. The molecule has 1 heterocycles. The molecule has 0 fully saturated rings. The number of nitrogens with one attached hydrogen (secondary N) is 2. The van der Waals surface area contributed by atoms with Crippen LogP contribution in [0.1, 0.15) is 21.6 Å². The third kappa shape index (κ3) is 5.02. The van der Waals surface area contributed by atoms with E-state index in [0.29, 0.717) is 35.0 Å². The van der Waals surface area contributed by atoms with Gasteiger partial charge in [0, 0.05) is 12.2 Å². The minimum atomic E-state index is -0.318. The molecule has 146 valence electrons. The van der Waals surface area contributed by atoms with Gasteiger partial charge in [0.05, 0.1) is 37.7 Å². The number of hydrogen-bond acceptors (Lipinski definition) is 6. The summed E-state index contributed by atoms with van der Waals surface area (Å²) in [6.07, 6.45) is 1.61. The predicted molar refractivity (Wildman–Crippen MR) is 110 cm³/mol. The molecule has 29 heavy (non-hydrogen) atoms. The number of amides is 1. The summed E-state index contributed by atoms with van der Waals surface area (Å²) in [6.45, 7) is 0.568. The topological polar surface area (TPSA) is 96.3 Å². The summed E-state index contributed by atoms with van der Waals surface area (Å²) in [5.74, 6) is 1.02. The summed E-state index contributed by atoms with van der Waals surface area (Å²) in [7, 11) is 3.20. The van der Waals surface area contributed by atoms with Crippen LogP contribution in [0.5, 0.6) is 11.5 Å². The molecule has 7 nitrogen and oxygen atoms in total. The number of pyridine rings is 1. The Morgan fingerprint density at radius 2 is 1.72 bits per heavy atom. The van der Waals surface area contributed by atoms with Gasteiger partial charge in [-0.15, -0.1) is 0 Å². The molecule has 3 rings (SSSR count). The highest BCUT2D eigenvalue weighted by molar-refractivity contribution is 6.02. The molecule has 0 aliphatic rings. The Morgan fingerprint density at radius 3 is 2.34 bits per heavy atom. The quantitative estimate of drug-likeness (QED) is 0.638. The van der Waals surface area contributed by atoms with Crippen LogP contribution in [0.3, 0.4) is 0 Å². The average Bonchev–Trinajstić information content (AvgIpc) is 2.78. The van der Waals surface area contributed by atoms with Crippen LogP contribution in [0.4, 0.5) is 11.4 Å². The molecular formula is C22H20N4O3. The standard InChI is InChI=1S/C22H20N4O3/c1-28-20-10-5-16(11-21(20)29-2)13-24-18-8-9-19(25-14-18)22(27)26-17-6-3-15(12-23)4-7-17/h3-11,14,24H,13H2,1-2H3,(H,26,27).